The van der Waals surface area contributed by atoms with Gasteiger partial charge in [0.25, 0.3) is 11.8 Å². The lowest BCUT2D eigenvalue weighted by molar-refractivity contribution is -0.148. The molecule has 3 amide bonds. The maximum Gasteiger partial charge on any atom is 0.306 e. The normalized spacial score (nSPS) is 14.0. The Kier molecular flexibility index (Phi) is 14.2. The van der Waals surface area contributed by atoms with E-state index < -0.39 is 35.6 Å². The van der Waals surface area contributed by atoms with E-state index in [2.05, 4.69) is 0 Å². The number of esters is 1. The number of hydrogen-bond donors (Lipinski definition) is 1. The molecular weight excluding hydrogens is 773 g/mol. The zero-order chi connectivity index (χ0) is 41.4. The molecule has 2 aromatic carbocycles. The van der Waals surface area contributed by atoms with Crippen LogP contribution in [-0.2, 0) is 41.8 Å². The molecule has 15 nitrogen and oxygen atoms in total. The molecule has 306 valence electrons. The molecule has 0 fully saturated rings. The van der Waals surface area contributed by atoms with E-state index in [-0.39, 0.29) is 121 Å². The minimum Gasteiger partial charge on any atom is -0.493 e. The van der Waals surface area contributed by atoms with Gasteiger partial charge in [-0.1, -0.05) is 0 Å². The van der Waals surface area contributed by atoms with Crippen LogP contribution in [0.15, 0.2) is 30.4 Å². The van der Waals surface area contributed by atoms with Gasteiger partial charge in [-0.2, -0.15) is 0 Å². The Bertz CT molecular complexity index is 2070. The zero-order valence-electron chi connectivity index (χ0n) is 31.9. The molecule has 0 radical (unpaired) electrons. The van der Waals surface area contributed by atoms with Crippen LogP contribution in [0, 0.1) is 11.6 Å². The summed E-state index contributed by atoms with van der Waals surface area (Å²) < 4.78 is 59.4. The highest BCUT2D eigenvalue weighted by Gasteiger charge is 2.31. The summed E-state index contributed by atoms with van der Waals surface area (Å²) in [5.74, 6) is -4.81. The number of carboxylic acids is 1. The van der Waals surface area contributed by atoms with Gasteiger partial charge in [0, 0.05) is 85.9 Å². The van der Waals surface area contributed by atoms with Crippen LogP contribution in [0.4, 0.5) is 8.78 Å². The highest BCUT2D eigenvalue weighted by atomic mass is 32.1. The predicted molar refractivity (Wildman–Crippen MR) is 200 cm³/mol. The Morgan fingerprint density at radius 1 is 0.895 bits per heavy atom. The first-order valence-corrected chi connectivity index (χ1v) is 18.9. The van der Waals surface area contributed by atoms with Crippen LogP contribution >= 0.6 is 11.3 Å². The van der Waals surface area contributed by atoms with Crippen LogP contribution in [-0.4, -0.2) is 115 Å². The lowest BCUT2D eigenvalue weighted by Crippen LogP contribution is -2.39. The molecule has 5 rings (SSSR count). The second-order valence-corrected chi connectivity index (χ2v) is 14.5. The minimum atomic E-state index is -1.10. The minimum absolute atomic E-state index is 0.0412. The average molecular weight is 816 g/mol. The highest BCUT2D eigenvalue weighted by Crippen LogP contribution is 2.41. The Labute approximate surface area is 330 Å². The number of nitrogens with zero attached hydrogens (tertiary/aromatic N) is 3. The number of aliphatic carboxylic acids is 1. The lowest BCUT2D eigenvalue weighted by Gasteiger charge is -2.23. The number of Topliss-reactive ketones (excluding diaryl/α,β-unsaturated/α-hetero) is 1. The Morgan fingerprint density at radius 3 is 2.19 bits per heavy atom. The van der Waals surface area contributed by atoms with Crippen molar-refractivity contribution in [3.8, 4) is 23.0 Å². The first-order valence-electron chi connectivity index (χ1n) is 18.1. The summed E-state index contributed by atoms with van der Waals surface area (Å²) in [6.45, 7) is 2.57. The van der Waals surface area contributed by atoms with Crippen molar-refractivity contribution in [3.05, 3.63) is 58.0 Å². The molecule has 0 saturated heterocycles. The summed E-state index contributed by atoms with van der Waals surface area (Å²) in [5, 5.41) is 9.01. The van der Waals surface area contributed by atoms with Gasteiger partial charge < -0.3 is 38.6 Å². The van der Waals surface area contributed by atoms with E-state index in [9.17, 15) is 28.8 Å². The highest BCUT2D eigenvalue weighted by molar-refractivity contribution is 7.20. The van der Waals surface area contributed by atoms with Gasteiger partial charge in [0.2, 0.25) is 5.91 Å². The molecule has 2 aliphatic rings. The van der Waals surface area contributed by atoms with Crippen molar-refractivity contribution in [1.29, 1.82) is 0 Å². The number of thiophene rings is 1. The van der Waals surface area contributed by atoms with Gasteiger partial charge in [0.1, 0.15) is 6.10 Å². The fourth-order valence-electron chi connectivity index (χ4n) is 6.34. The number of likely N-dealkylation sites (N-methyl/N-ethyl adjacent to an activating group) is 1. The summed E-state index contributed by atoms with van der Waals surface area (Å²) in [6, 6.07) is 4.51. The number of hydrogen-bond acceptors (Lipinski definition) is 13. The van der Waals surface area contributed by atoms with Crippen LogP contribution in [0.5, 0.6) is 23.0 Å². The van der Waals surface area contributed by atoms with Gasteiger partial charge >= 0.3 is 11.9 Å². The predicted octanol–water partition coefficient (Wildman–Crippen LogP) is 4.50. The molecule has 1 N–H and O–H groups in total. The van der Waals surface area contributed by atoms with Crippen LogP contribution < -0.4 is 18.9 Å². The monoisotopic (exact) mass is 815 g/mol. The van der Waals surface area contributed by atoms with Gasteiger partial charge in [-0.3, -0.25) is 33.7 Å². The molecule has 3 aromatic rings. The molecular formula is C39H43F2N3O12S. The number of amides is 3. The molecule has 0 unspecified atom stereocenters. The van der Waals surface area contributed by atoms with Crippen LogP contribution in [0.2, 0.25) is 0 Å². The maximum absolute atomic E-state index is 15.8. The van der Waals surface area contributed by atoms with Crippen molar-refractivity contribution in [1.82, 2.24) is 14.7 Å². The Hall–Kier alpha value is -5.62. The summed E-state index contributed by atoms with van der Waals surface area (Å²) in [5.41, 5.74) is 0.772. The van der Waals surface area contributed by atoms with E-state index in [1.807, 2.05) is 4.90 Å². The molecule has 3 heterocycles. The number of imide groups is 1. The van der Waals surface area contributed by atoms with Gasteiger partial charge in [0.15, 0.2) is 40.4 Å². The van der Waals surface area contributed by atoms with Gasteiger partial charge in [0.05, 0.1) is 45.2 Å². The molecule has 0 spiro atoms. The Morgan fingerprint density at radius 2 is 1.54 bits per heavy atom. The van der Waals surface area contributed by atoms with E-state index in [1.54, 1.807) is 26.1 Å². The van der Waals surface area contributed by atoms with Crippen LogP contribution in [0.25, 0.3) is 10.1 Å². The average Bonchev–Trinajstić information content (AvgIpc) is 3.89. The number of methoxy groups -OCH3 is 2. The largest absolute Gasteiger partial charge is 0.493 e. The molecule has 18 heteroatoms. The number of benzene rings is 2. The number of fused-ring (bicyclic) bond motifs is 2. The van der Waals surface area contributed by atoms with Crippen molar-refractivity contribution >= 4 is 56.9 Å². The maximum atomic E-state index is 15.8. The molecule has 1 aromatic heterocycles. The number of carbonyl (C=O) groups excluding carboxylic acids is 5. The Balaban J connectivity index is 1.11. The van der Waals surface area contributed by atoms with Crippen LogP contribution in [0.1, 0.15) is 59.8 Å². The second-order valence-electron chi connectivity index (χ2n) is 13.4. The molecule has 0 bridgehead atoms. The third kappa shape index (κ3) is 10.4. The number of halogens is 2. The molecule has 1 atom stereocenters. The van der Waals surface area contributed by atoms with Gasteiger partial charge in [-0.15, -0.1) is 11.3 Å². The van der Waals surface area contributed by atoms with Crippen molar-refractivity contribution < 1.29 is 66.3 Å². The molecule has 0 saturated carbocycles. The fraction of sp³-hybridized carbons (Fsp3) is 0.436. The van der Waals surface area contributed by atoms with Crippen molar-refractivity contribution in [2.75, 3.05) is 54.1 Å². The summed E-state index contributed by atoms with van der Waals surface area (Å²) in [6.07, 6.45) is 1.20. The number of ether oxygens (including phenoxy) is 5. The van der Waals surface area contributed by atoms with E-state index in [4.69, 9.17) is 28.8 Å². The fourth-order valence-corrected chi connectivity index (χ4v) is 7.39. The second kappa shape index (κ2) is 19.0. The number of carbonyl (C=O) groups is 6. The standard InChI is InChI=1S/C39H43F2N3O12S/c1-22(19-42(2)12-13-44-32(47)7-8-33(44)48)56-35(51)11-6-26(45)30-17-24-29(57-30)18-28(53-4)39(36(24)40)55-15-5-14-54-38-27(52-3)16-23-20-43(21-25(23)37(38)41)31(46)9-10-34(49)50/h7-8,16-18,22H,5-6,9-15,19-21H2,1-4H3,(H,49,50)/t22-/m0/s1. The third-order valence-corrected chi connectivity index (χ3v) is 10.4. The number of rotatable bonds is 21. The summed E-state index contributed by atoms with van der Waals surface area (Å²) >= 11 is 1.04. The first-order chi connectivity index (χ1) is 27.2. The zero-order valence-corrected chi connectivity index (χ0v) is 32.7. The smallest absolute Gasteiger partial charge is 0.306 e. The van der Waals surface area contributed by atoms with E-state index >= 15 is 8.78 Å². The van der Waals surface area contributed by atoms with Crippen molar-refractivity contribution in [3.63, 3.8) is 0 Å². The molecule has 2 aliphatic heterocycles. The van der Waals surface area contributed by atoms with E-state index in [0.717, 1.165) is 16.2 Å². The molecule has 0 aliphatic carbocycles. The van der Waals surface area contributed by atoms with Crippen molar-refractivity contribution in [2.24, 2.45) is 0 Å². The third-order valence-electron chi connectivity index (χ3n) is 9.24. The van der Waals surface area contributed by atoms with E-state index in [1.165, 1.54) is 37.3 Å². The lowest BCUT2D eigenvalue weighted by atomic mass is 10.1. The number of ketones is 1. The van der Waals surface area contributed by atoms with Gasteiger partial charge in [-0.25, -0.2) is 8.78 Å². The molecule has 57 heavy (non-hydrogen) atoms. The van der Waals surface area contributed by atoms with Crippen LogP contribution in [0.3, 0.4) is 0 Å². The van der Waals surface area contributed by atoms with Gasteiger partial charge in [-0.05, 0) is 31.7 Å². The summed E-state index contributed by atoms with van der Waals surface area (Å²) in [4.78, 5) is 76.9. The SMILES string of the molecule is COc1cc2c(c(F)c1OCCCOc1c(OC)cc3sc(C(=O)CCC(=O)O[C@@H](C)CN(C)CCN4C(=O)C=CC4=O)cc3c1F)CN(C(=O)CCC(=O)O)C2. The summed E-state index contributed by atoms with van der Waals surface area (Å²) in [7, 11) is 4.46. The quantitative estimate of drug-likeness (QED) is 0.0689. The number of carboxylic acid groups (broad SMARTS) is 1. The van der Waals surface area contributed by atoms with Crippen molar-refractivity contribution in [2.45, 2.75) is 58.2 Å². The van der Waals surface area contributed by atoms with E-state index in [0.29, 0.717) is 23.4 Å². The topological polar surface area (TPSA) is 179 Å². The first kappa shape index (κ1) is 42.5.